The van der Waals surface area contributed by atoms with Gasteiger partial charge in [0.15, 0.2) is 5.58 Å². The minimum absolute atomic E-state index is 0.00458. The van der Waals surface area contributed by atoms with E-state index in [-0.39, 0.29) is 22.9 Å². The van der Waals surface area contributed by atoms with E-state index in [0.717, 1.165) is 17.7 Å². The molecule has 4 aromatic rings. The summed E-state index contributed by atoms with van der Waals surface area (Å²) in [6.45, 7) is 0.587. The van der Waals surface area contributed by atoms with Crippen molar-refractivity contribution in [2.75, 3.05) is 11.4 Å². The lowest BCUT2D eigenvalue weighted by atomic mass is 10.1. The highest BCUT2D eigenvalue weighted by atomic mass is 35.5. The Kier molecular flexibility index (Phi) is 5.55. The van der Waals surface area contributed by atoms with E-state index in [0.29, 0.717) is 28.2 Å². The lowest BCUT2D eigenvalue weighted by molar-refractivity contribution is 0.0989. The van der Waals surface area contributed by atoms with Gasteiger partial charge in [0.25, 0.3) is 5.91 Å². The summed E-state index contributed by atoms with van der Waals surface area (Å²) in [5.41, 5.74) is 3.75. The van der Waals surface area contributed by atoms with E-state index in [9.17, 15) is 18.0 Å². The molecule has 0 spiro atoms. The van der Waals surface area contributed by atoms with Gasteiger partial charge >= 0.3 is 5.76 Å². The first-order chi connectivity index (χ1) is 16.2. The number of rotatable bonds is 5. The number of anilines is 1. The second-order valence-corrected chi connectivity index (χ2v) is 10.3. The predicted molar refractivity (Wildman–Crippen MR) is 129 cm³/mol. The van der Waals surface area contributed by atoms with Crippen molar-refractivity contribution >= 4 is 44.3 Å². The molecule has 0 bridgehead atoms. The fraction of sp³-hybridized carbons (Fsp3) is 0.167. The first-order valence-electron chi connectivity index (χ1n) is 10.5. The number of aromatic nitrogens is 1. The number of aryl methyl sites for hydroxylation is 1. The molecule has 0 aliphatic carbocycles. The molecule has 174 valence electrons. The average molecular weight is 498 g/mol. The first kappa shape index (κ1) is 22.4. The highest BCUT2D eigenvalue weighted by molar-refractivity contribution is 7.89. The summed E-state index contributed by atoms with van der Waals surface area (Å²) in [4.78, 5) is 26.4. The molecule has 0 fully saturated rings. The van der Waals surface area contributed by atoms with Gasteiger partial charge in [-0.25, -0.2) is 17.9 Å². The molecule has 1 aliphatic heterocycles. The van der Waals surface area contributed by atoms with Gasteiger partial charge in [-0.1, -0.05) is 23.7 Å². The second-order valence-electron chi connectivity index (χ2n) is 8.06. The quantitative estimate of drug-likeness (QED) is 0.455. The summed E-state index contributed by atoms with van der Waals surface area (Å²) < 4.78 is 34.7. The maximum atomic E-state index is 13.0. The number of oxazole rings is 1. The molecule has 8 nitrogen and oxygen atoms in total. The van der Waals surface area contributed by atoms with E-state index in [1.165, 1.54) is 22.8 Å². The maximum absolute atomic E-state index is 13.0. The average Bonchev–Trinajstić information content (AvgIpc) is 3.37. The zero-order valence-corrected chi connectivity index (χ0v) is 19.7. The van der Waals surface area contributed by atoms with E-state index in [4.69, 9.17) is 16.0 Å². The monoisotopic (exact) mass is 497 g/mol. The lowest BCUT2D eigenvalue weighted by Gasteiger charge is -2.18. The van der Waals surface area contributed by atoms with E-state index in [1.54, 1.807) is 36.2 Å². The topological polar surface area (TPSA) is 102 Å². The lowest BCUT2D eigenvalue weighted by Crippen LogP contribution is -2.29. The molecule has 0 atom stereocenters. The van der Waals surface area contributed by atoms with Crippen LogP contribution in [0, 0.1) is 0 Å². The van der Waals surface area contributed by atoms with Crippen molar-refractivity contribution < 1.29 is 17.6 Å². The zero-order valence-electron chi connectivity index (χ0n) is 18.1. The molecule has 2 heterocycles. The molecule has 0 unspecified atom stereocenters. The van der Waals surface area contributed by atoms with Crippen LogP contribution in [0.3, 0.4) is 0 Å². The van der Waals surface area contributed by atoms with Crippen molar-refractivity contribution in [1.29, 1.82) is 0 Å². The van der Waals surface area contributed by atoms with Crippen LogP contribution < -0.4 is 15.4 Å². The summed E-state index contributed by atoms with van der Waals surface area (Å²) in [6, 6.07) is 16.6. The third kappa shape index (κ3) is 4.02. The van der Waals surface area contributed by atoms with Gasteiger partial charge < -0.3 is 9.32 Å². The minimum atomic E-state index is -3.86. The molecule has 1 aliphatic rings. The Morgan fingerprint density at radius 2 is 1.85 bits per heavy atom. The van der Waals surface area contributed by atoms with Crippen LogP contribution in [0.4, 0.5) is 5.69 Å². The van der Waals surface area contributed by atoms with Crippen molar-refractivity contribution in [3.8, 4) is 0 Å². The van der Waals surface area contributed by atoms with Crippen molar-refractivity contribution in [3.05, 3.63) is 92.9 Å². The van der Waals surface area contributed by atoms with Crippen LogP contribution in [0.15, 0.2) is 74.8 Å². The SMILES string of the molecule is Cn1c(=O)oc2cc(S(=O)(=O)NCc3ccc4c(c3)N(C(=O)c3ccc(Cl)cc3)CC4)ccc21. The van der Waals surface area contributed by atoms with E-state index in [1.807, 2.05) is 18.2 Å². The van der Waals surface area contributed by atoms with Crippen LogP contribution in [0.5, 0.6) is 0 Å². The summed E-state index contributed by atoms with van der Waals surface area (Å²) in [7, 11) is -2.31. The first-order valence-corrected chi connectivity index (χ1v) is 12.4. The molecule has 0 saturated heterocycles. The molecule has 0 saturated carbocycles. The number of benzene rings is 3. The van der Waals surface area contributed by atoms with Gasteiger partial charge in [0.05, 0.1) is 10.4 Å². The molecule has 5 rings (SSSR count). The van der Waals surface area contributed by atoms with Crippen molar-refractivity contribution in [3.63, 3.8) is 0 Å². The van der Waals surface area contributed by atoms with E-state index < -0.39 is 15.8 Å². The molecular formula is C24H20ClN3O5S. The Morgan fingerprint density at radius 3 is 2.62 bits per heavy atom. The third-order valence-corrected chi connectivity index (χ3v) is 7.57. The number of fused-ring (bicyclic) bond motifs is 2. The van der Waals surface area contributed by atoms with E-state index >= 15 is 0 Å². The second kappa shape index (κ2) is 8.43. The third-order valence-electron chi connectivity index (χ3n) is 5.92. The number of hydrogen-bond acceptors (Lipinski definition) is 5. The number of sulfonamides is 1. The highest BCUT2D eigenvalue weighted by Gasteiger charge is 2.26. The van der Waals surface area contributed by atoms with Crippen LogP contribution in [0.25, 0.3) is 11.1 Å². The van der Waals surface area contributed by atoms with Crippen LogP contribution >= 0.6 is 11.6 Å². The van der Waals surface area contributed by atoms with Crippen molar-refractivity contribution in [1.82, 2.24) is 9.29 Å². The number of halogens is 1. The van der Waals surface area contributed by atoms with E-state index in [2.05, 4.69) is 4.72 Å². The van der Waals surface area contributed by atoms with Gasteiger partial charge in [0.2, 0.25) is 10.0 Å². The largest absolute Gasteiger partial charge is 0.419 e. The fourth-order valence-electron chi connectivity index (χ4n) is 4.04. The highest BCUT2D eigenvalue weighted by Crippen LogP contribution is 2.31. The molecule has 1 N–H and O–H groups in total. The predicted octanol–water partition coefficient (Wildman–Crippen LogP) is 3.47. The normalized spacial score (nSPS) is 13.4. The van der Waals surface area contributed by atoms with Crippen LogP contribution in [-0.2, 0) is 30.0 Å². The molecule has 3 aromatic carbocycles. The van der Waals surface area contributed by atoms with Crippen LogP contribution in [0.1, 0.15) is 21.5 Å². The summed E-state index contributed by atoms with van der Waals surface area (Å²) in [5, 5.41) is 0.557. The van der Waals surface area contributed by atoms with Crippen molar-refractivity contribution in [2.45, 2.75) is 17.9 Å². The molecule has 34 heavy (non-hydrogen) atoms. The van der Waals surface area contributed by atoms with Gasteiger partial charge in [-0.2, -0.15) is 0 Å². The number of carbonyl (C=O) groups is 1. The number of nitrogens with one attached hydrogen (secondary N) is 1. The molecular weight excluding hydrogens is 478 g/mol. The Balaban J connectivity index is 1.36. The van der Waals surface area contributed by atoms with Crippen molar-refractivity contribution in [2.24, 2.45) is 7.05 Å². The molecule has 0 radical (unpaired) electrons. The molecule has 1 aromatic heterocycles. The molecule has 10 heteroatoms. The van der Waals surface area contributed by atoms with Gasteiger partial charge in [0.1, 0.15) is 0 Å². The zero-order chi connectivity index (χ0) is 24.0. The maximum Gasteiger partial charge on any atom is 0.419 e. The minimum Gasteiger partial charge on any atom is -0.408 e. The van der Waals surface area contributed by atoms with Gasteiger partial charge in [0, 0.05) is 42.5 Å². The van der Waals surface area contributed by atoms with Crippen LogP contribution in [0.2, 0.25) is 5.02 Å². The van der Waals surface area contributed by atoms with Crippen LogP contribution in [-0.4, -0.2) is 25.4 Å². The Hall–Kier alpha value is -3.40. The van der Waals surface area contributed by atoms with Gasteiger partial charge in [-0.15, -0.1) is 0 Å². The Morgan fingerprint density at radius 1 is 1.09 bits per heavy atom. The Labute approximate surface area is 200 Å². The summed E-state index contributed by atoms with van der Waals surface area (Å²) in [6.07, 6.45) is 0.725. The molecule has 1 amide bonds. The number of carbonyl (C=O) groups excluding carboxylic acids is 1. The summed E-state index contributed by atoms with van der Waals surface area (Å²) in [5.74, 6) is -0.695. The number of hydrogen-bond donors (Lipinski definition) is 1. The number of amides is 1. The fourth-order valence-corrected chi connectivity index (χ4v) is 5.20. The van der Waals surface area contributed by atoms with Gasteiger partial charge in [-0.05, 0) is 60.0 Å². The standard InChI is InChI=1S/C24H20ClN3O5S/c1-27-20-9-8-19(13-22(20)33-24(27)30)34(31,32)26-14-15-2-3-16-10-11-28(21(16)12-15)23(29)17-4-6-18(25)7-5-17/h2-9,12-13,26H,10-11,14H2,1H3. The Bertz CT molecular complexity index is 1590. The smallest absolute Gasteiger partial charge is 0.408 e. The van der Waals surface area contributed by atoms with Gasteiger partial charge in [-0.3, -0.25) is 9.36 Å². The summed E-state index contributed by atoms with van der Waals surface area (Å²) >= 11 is 5.93. The number of nitrogens with zero attached hydrogens (tertiary/aromatic N) is 2.